The van der Waals surface area contributed by atoms with Crippen molar-refractivity contribution >= 4 is 9.84 Å². The maximum atomic E-state index is 11.1. The minimum atomic E-state index is -2.78. The van der Waals surface area contributed by atoms with Crippen LogP contribution in [0.2, 0.25) is 0 Å². The van der Waals surface area contributed by atoms with E-state index in [-0.39, 0.29) is 0 Å². The lowest BCUT2D eigenvalue weighted by molar-refractivity contribution is 0.257. The van der Waals surface area contributed by atoms with Gasteiger partial charge < -0.3 is 5.32 Å². The van der Waals surface area contributed by atoms with Crippen LogP contribution in [0.15, 0.2) is 0 Å². The van der Waals surface area contributed by atoms with Crippen LogP contribution in [-0.2, 0) is 9.84 Å². The van der Waals surface area contributed by atoms with Crippen LogP contribution in [0.25, 0.3) is 0 Å². The Kier molecular flexibility index (Phi) is 5.25. The molecule has 0 bridgehead atoms. The van der Waals surface area contributed by atoms with E-state index in [0.29, 0.717) is 11.2 Å². The van der Waals surface area contributed by atoms with Gasteiger partial charge in [0.1, 0.15) is 9.84 Å². The summed E-state index contributed by atoms with van der Waals surface area (Å²) < 4.78 is 22.2. The van der Waals surface area contributed by atoms with Gasteiger partial charge in [-0.1, -0.05) is 19.8 Å². The third kappa shape index (κ3) is 4.83. The predicted octanol–water partition coefficient (Wildman–Crippen LogP) is 1.98. The second kappa shape index (κ2) is 6.01. The van der Waals surface area contributed by atoms with Crippen molar-refractivity contribution in [3.05, 3.63) is 0 Å². The summed E-state index contributed by atoms with van der Waals surface area (Å²) in [4.78, 5) is 0. The molecule has 0 amide bonds. The van der Waals surface area contributed by atoms with E-state index in [2.05, 4.69) is 12.2 Å². The van der Waals surface area contributed by atoms with Gasteiger partial charge in [-0.25, -0.2) is 8.42 Å². The van der Waals surface area contributed by atoms with E-state index in [0.717, 1.165) is 25.9 Å². The number of rotatable bonds is 7. The first-order valence-corrected chi connectivity index (χ1v) is 8.42. The fourth-order valence-electron chi connectivity index (χ4n) is 2.74. The molecule has 1 rings (SSSR count). The molecule has 3 nitrogen and oxygen atoms in total. The molecule has 1 aliphatic rings. The first kappa shape index (κ1) is 14.0. The molecular weight excluding hydrogens is 222 g/mol. The monoisotopic (exact) mass is 247 g/mol. The lowest BCUT2D eigenvalue weighted by Crippen LogP contribution is -2.32. The maximum Gasteiger partial charge on any atom is 0.147 e. The normalized spacial score (nSPS) is 20.1. The average Bonchev–Trinajstić information content (AvgIpc) is 2.62. The highest BCUT2D eigenvalue weighted by molar-refractivity contribution is 7.90. The Balaban J connectivity index is 2.39. The van der Waals surface area contributed by atoms with Gasteiger partial charge in [-0.3, -0.25) is 0 Å². The van der Waals surface area contributed by atoms with Crippen LogP contribution < -0.4 is 5.32 Å². The predicted molar refractivity (Wildman–Crippen MR) is 68.4 cm³/mol. The molecule has 0 aromatic heterocycles. The Bertz CT molecular complexity index is 292. The largest absolute Gasteiger partial charge is 0.316 e. The standard InChI is InChI=1S/C12H25NO2S/c1-3-13-11-12(7-4-5-8-12)9-6-10-16(2,14)15/h13H,3-11H2,1-2H3. The van der Waals surface area contributed by atoms with Crippen molar-refractivity contribution in [1.82, 2.24) is 5.32 Å². The molecule has 0 saturated heterocycles. The summed E-state index contributed by atoms with van der Waals surface area (Å²) >= 11 is 0. The van der Waals surface area contributed by atoms with E-state index in [9.17, 15) is 8.42 Å². The molecule has 16 heavy (non-hydrogen) atoms. The zero-order chi connectivity index (χ0) is 12.1. The summed E-state index contributed by atoms with van der Waals surface area (Å²) in [7, 11) is -2.78. The first-order valence-electron chi connectivity index (χ1n) is 6.36. The molecular formula is C12H25NO2S. The highest BCUT2D eigenvalue weighted by atomic mass is 32.2. The average molecular weight is 247 g/mol. The minimum Gasteiger partial charge on any atom is -0.316 e. The Morgan fingerprint density at radius 3 is 2.38 bits per heavy atom. The van der Waals surface area contributed by atoms with Gasteiger partial charge in [-0.05, 0) is 37.6 Å². The zero-order valence-corrected chi connectivity index (χ0v) is 11.4. The number of hydrogen-bond donors (Lipinski definition) is 1. The topological polar surface area (TPSA) is 46.2 Å². The van der Waals surface area contributed by atoms with E-state index >= 15 is 0 Å². The van der Waals surface area contributed by atoms with Gasteiger partial charge in [0.25, 0.3) is 0 Å². The van der Waals surface area contributed by atoms with Crippen molar-refractivity contribution < 1.29 is 8.42 Å². The molecule has 1 N–H and O–H groups in total. The molecule has 0 radical (unpaired) electrons. The molecule has 0 unspecified atom stereocenters. The molecule has 0 atom stereocenters. The second-order valence-corrected chi connectivity index (χ2v) is 7.48. The van der Waals surface area contributed by atoms with Crippen LogP contribution in [0.5, 0.6) is 0 Å². The zero-order valence-electron chi connectivity index (χ0n) is 10.6. The van der Waals surface area contributed by atoms with E-state index in [1.54, 1.807) is 0 Å². The fraction of sp³-hybridized carbons (Fsp3) is 1.00. The number of hydrogen-bond acceptors (Lipinski definition) is 3. The molecule has 4 heteroatoms. The lowest BCUT2D eigenvalue weighted by Gasteiger charge is -2.29. The van der Waals surface area contributed by atoms with Crippen LogP contribution in [0.4, 0.5) is 0 Å². The second-order valence-electron chi connectivity index (χ2n) is 5.22. The van der Waals surface area contributed by atoms with Crippen molar-refractivity contribution in [2.24, 2.45) is 5.41 Å². The van der Waals surface area contributed by atoms with Crippen molar-refractivity contribution in [2.75, 3.05) is 25.1 Å². The van der Waals surface area contributed by atoms with Gasteiger partial charge in [-0.2, -0.15) is 0 Å². The van der Waals surface area contributed by atoms with E-state index in [4.69, 9.17) is 0 Å². The van der Waals surface area contributed by atoms with Crippen molar-refractivity contribution in [2.45, 2.75) is 45.4 Å². The Morgan fingerprint density at radius 2 is 1.88 bits per heavy atom. The summed E-state index contributed by atoms with van der Waals surface area (Å²) in [5.41, 5.74) is 0.390. The molecule has 1 aliphatic carbocycles. The van der Waals surface area contributed by atoms with Crippen molar-refractivity contribution in [3.8, 4) is 0 Å². The summed E-state index contributed by atoms with van der Waals surface area (Å²) in [6.07, 6.45) is 8.37. The summed E-state index contributed by atoms with van der Waals surface area (Å²) in [5.74, 6) is 0.348. The molecule has 1 fully saturated rings. The molecule has 96 valence electrons. The highest BCUT2D eigenvalue weighted by Crippen LogP contribution is 2.41. The van der Waals surface area contributed by atoms with Crippen LogP contribution >= 0.6 is 0 Å². The molecule has 0 aliphatic heterocycles. The van der Waals surface area contributed by atoms with Gasteiger partial charge in [0.05, 0.1) is 0 Å². The molecule has 0 heterocycles. The number of sulfone groups is 1. The maximum absolute atomic E-state index is 11.1. The highest BCUT2D eigenvalue weighted by Gasteiger charge is 2.32. The number of nitrogens with one attached hydrogen (secondary N) is 1. The van der Waals surface area contributed by atoms with Crippen LogP contribution in [0.3, 0.4) is 0 Å². The van der Waals surface area contributed by atoms with Crippen LogP contribution in [0.1, 0.15) is 45.4 Å². The Morgan fingerprint density at radius 1 is 1.25 bits per heavy atom. The van der Waals surface area contributed by atoms with Gasteiger partial charge in [0, 0.05) is 18.6 Å². The molecule has 1 saturated carbocycles. The Hall–Kier alpha value is -0.0900. The first-order chi connectivity index (χ1) is 7.47. The minimum absolute atomic E-state index is 0.348. The summed E-state index contributed by atoms with van der Waals surface area (Å²) in [5, 5.41) is 3.43. The van der Waals surface area contributed by atoms with Crippen molar-refractivity contribution in [3.63, 3.8) is 0 Å². The van der Waals surface area contributed by atoms with Crippen molar-refractivity contribution in [1.29, 1.82) is 0 Å². The van der Waals surface area contributed by atoms with Crippen LogP contribution in [-0.4, -0.2) is 33.5 Å². The van der Waals surface area contributed by atoms with Gasteiger partial charge in [0.15, 0.2) is 0 Å². The summed E-state index contributed by atoms with van der Waals surface area (Å²) in [6, 6.07) is 0. The molecule has 0 aromatic carbocycles. The SMILES string of the molecule is CCNCC1(CCCS(C)(=O)=O)CCCC1. The smallest absolute Gasteiger partial charge is 0.147 e. The molecule has 0 aromatic rings. The van der Waals surface area contributed by atoms with E-state index < -0.39 is 9.84 Å². The summed E-state index contributed by atoms with van der Waals surface area (Å²) in [6.45, 7) is 4.19. The van der Waals surface area contributed by atoms with Crippen LogP contribution in [0, 0.1) is 5.41 Å². The molecule has 0 spiro atoms. The van der Waals surface area contributed by atoms with E-state index in [1.165, 1.54) is 31.9 Å². The third-order valence-electron chi connectivity index (χ3n) is 3.64. The quantitative estimate of drug-likeness (QED) is 0.748. The van der Waals surface area contributed by atoms with Gasteiger partial charge in [-0.15, -0.1) is 0 Å². The van der Waals surface area contributed by atoms with E-state index in [1.807, 2.05) is 0 Å². The van der Waals surface area contributed by atoms with Gasteiger partial charge in [0.2, 0.25) is 0 Å². The Labute approximate surface area is 99.9 Å². The lowest BCUT2D eigenvalue weighted by atomic mass is 9.81. The third-order valence-corrected chi connectivity index (χ3v) is 4.67. The van der Waals surface area contributed by atoms with Gasteiger partial charge >= 0.3 is 0 Å². The fourth-order valence-corrected chi connectivity index (χ4v) is 3.41.